The number of benzene rings is 1. The lowest BCUT2D eigenvalue weighted by Crippen LogP contribution is -2.31. The summed E-state index contributed by atoms with van der Waals surface area (Å²) in [6, 6.07) is 3.66. The molecule has 1 aromatic rings. The van der Waals surface area contributed by atoms with Gasteiger partial charge in [-0.3, -0.25) is 4.79 Å². The van der Waals surface area contributed by atoms with E-state index in [1.807, 2.05) is 6.07 Å². The normalized spacial score (nSPS) is 16.4. The Morgan fingerprint density at radius 1 is 1.20 bits per heavy atom. The van der Waals surface area contributed by atoms with Gasteiger partial charge in [0.1, 0.15) is 0 Å². The van der Waals surface area contributed by atoms with Crippen LogP contribution in [0.5, 0.6) is 11.5 Å². The van der Waals surface area contributed by atoms with Crippen molar-refractivity contribution in [1.29, 1.82) is 0 Å². The Kier molecular flexibility index (Phi) is 2.44. The third kappa shape index (κ3) is 1.51. The zero-order chi connectivity index (χ0) is 9.54. The molecule has 3 rings (SSSR count). The van der Waals surface area contributed by atoms with Gasteiger partial charge in [0.25, 0.3) is 5.91 Å². The quantitative estimate of drug-likeness (QED) is 0.723. The molecule has 0 radical (unpaired) electrons. The van der Waals surface area contributed by atoms with Gasteiger partial charge in [0.2, 0.25) is 6.79 Å². The van der Waals surface area contributed by atoms with E-state index in [1.54, 1.807) is 6.07 Å². The van der Waals surface area contributed by atoms with Crippen molar-refractivity contribution in [3.05, 3.63) is 23.3 Å². The Bertz CT molecular complexity index is 419. The summed E-state index contributed by atoms with van der Waals surface area (Å²) in [5, 5.41) is 2.79. The van der Waals surface area contributed by atoms with Gasteiger partial charge in [-0.05, 0) is 24.1 Å². The van der Waals surface area contributed by atoms with E-state index >= 15 is 0 Å². The number of carbonyl (C=O) groups excluding carboxylic acids is 1. The van der Waals surface area contributed by atoms with Crippen LogP contribution in [-0.2, 0) is 6.42 Å². The van der Waals surface area contributed by atoms with Gasteiger partial charge in [-0.25, -0.2) is 0 Å². The van der Waals surface area contributed by atoms with E-state index < -0.39 is 0 Å². The molecule has 0 aliphatic carbocycles. The van der Waals surface area contributed by atoms with Crippen LogP contribution in [0.15, 0.2) is 12.1 Å². The zero-order valence-electron chi connectivity index (χ0n) is 7.91. The number of fused-ring (bicyclic) bond motifs is 2. The predicted molar refractivity (Wildman–Crippen MR) is 55.9 cm³/mol. The molecule has 0 saturated heterocycles. The number of hydrogen-bond donors (Lipinski definition) is 1. The SMILES string of the molecule is Cl.O=C1NCCc2cc3c(cc21)OCO3. The average molecular weight is 228 g/mol. The summed E-state index contributed by atoms with van der Waals surface area (Å²) in [5.41, 5.74) is 1.75. The lowest BCUT2D eigenvalue weighted by molar-refractivity contribution is 0.0945. The van der Waals surface area contributed by atoms with E-state index in [-0.39, 0.29) is 25.1 Å². The molecule has 0 spiro atoms. The molecule has 4 nitrogen and oxygen atoms in total. The summed E-state index contributed by atoms with van der Waals surface area (Å²) in [6.45, 7) is 0.950. The Morgan fingerprint density at radius 2 is 1.93 bits per heavy atom. The highest BCUT2D eigenvalue weighted by Crippen LogP contribution is 2.35. The monoisotopic (exact) mass is 227 g/mol. The first-order valence-corrected chi connectivity index (χ1v) is 4.55. The molecule has 15 heavy (non-hydrogen) atoms. The second kappa shape index (κ2) is 3.62. The van der Waals surface area contributed by atoms with Crippen molar-refractivity contribution in [2.45, 2.75) is 6.42 Å². The van der Waals surface area contributed by atoms with Gasteiger partial charge in [-0.2, -0.15) is 0 Å². The standard InChI is InChI=1S/C10H9NO3.ClH/c12-10-7-4-9-8(13-5-14-9)3-6(7)1-2-11-10;/h3-4H,1-2,5H2,(H,11,12);1H. The first kappa shape index (κ1) is 10.1. The fourth-order valence-electron chi connectivity index (χ4n) is 1.81. The fraction of sp³-hybridized carbons (Fsp3) is 0.300. The number of halogens is 1. The van der Waals surface area contributed by atoms with Gasteiger partial charge in [0.15, 0.2) is 11.5 Å². The predicted octanol–water partition coefficient (Wildman–Crippen LogP) is 1.12. The lowest BCUT2D eigenvalue weighted by atomic mass is 10.00. The Morgan fingerprint density at radius 3 is 2.73 bits per heavy atom. The summed E-state index contributed by atoms with van der Waals surface area (Å²) in [7, 11) is 0. The summed E-state index contributed by atoms with van der Waals surface area (Å²) in [4.78, 5) is 11.5. The van der Waals surface area contributed by atoms with E-state index in [2.05, 4.69) is 5.32 Å². The van der Waals surface area contributed by atoms with Crippen molar-refractivity contribution in [3.8, 4) is 11.5 Å². The highest BCUT2D eigenvalue weighted by atomic mass is 35.5. The van der Waals surface area contributed by atoms with Crippen molar-refractivity contribution >= 4 is 18.3 Å². The van der Waals surface area contributed by atoms with E-state index in [0.717, 1.165) is 17.7 Å². The first-order valence-electron chi connectivity index (χ1n) is 4.55. The fourth-order valence-corrected chi connectivity index (χ4v) is 1.81. The van der Waals surface area contributed by atoms with Crippen molar-refractivity contribution in [3.63, 3.8) is 0 Å². The number of hydrogen-bond acceptors (Lipinski definition) is 3. The van der Waals surface area contributed by atoms with Crippen LogP contribution in [0.2, 0.25) is 0 Å². The van der Waals surface area contributed by atoms with Gasteiger partial charge in [-0.15, -0.1) is 12.4 Å². The van der Waals surface area contributed by atoms with Crippen LogP contribution in [0, 0.1) is 0 Å². The molecule has 0 fully saturated rings. The van der Waals surface area contributed by atoms with Gasteiger partial charge in [0.05, 0.1) is 0 Å². The molecule has 0 atom stereocenters. The largest absolute Gasteiger partial charge is 0.454 e. The Hall–Kier alpha value is -1.42. The van der Waals surface area contributed by atoms with Crippen LogP contribution >= 0.6 is 12.4 Å². The smallest absolute Gasteiger partial charge is 0.251 e. The summed E-state index contributed by atoms with van der Waals surface area (Å²) >= 11 is 0. The number of rotatable bonds is 0. The summed E-state index contributed by atoms with van der Waals surface area (Å²) in [5.74, 6) is 1.39. The highest BCUT2D eigenvalue weighted by Gasteiger charge is 2.22. The zero-order valence-corrected chi connectivity index (χ0v) is 8.73. The third-order valence-corrected chi connectivity index (χ3v) is 2.52. The molecule has 2 aliphatic rings. The molecule has 5 heteroatoms. The number of nitrogens with one attached hydrogen (secondary N) is 1. The van der Waals surface area contributed by atoms with E-state index in [0.29, 0.717) is 17.9 Å². The van der Waals surface area contributed by atoms with Gasteiger partial charge in [-0.1, -0.05) is 0 Å². The Labute approximate surface area is 93.0 Å². The highest BCUT2D eigenvalue weighted by molar-refractivity contribution is 5.97. The van der Waals surface area contributed by atoms with Crippen molar-refractivity contribution in [2.24, 2.45) is 0 Å². The van der Waals surface area contributed by atoms with Crippen LogP contribution in [-0.4, -0.2) is 19.2 Å². The van der Waals surface area contributed by atoms with E-state index in [9.17, 15) is 4.79 Å². The topological polar surface area (TPSA) is 47.6 Å². The minimum absolute atomic E-state index is 0. The molecule has 1 amide bonds. The third-order valence-electron chi connectivity index (χ3n) is 2.52. The maximum Gasteiger partial charge on any atom is 0.251 e. The molecule has 1 N–H and O–H groups in total. The molecule has 0 unspecified atom stereocenters. The second-order valence-corrected chi connectivity index (χ2v) is 3.37. The molecule has 0 saturated carbocycles. The second-order valence-electron chi connectivity index (χ2n) is 3.37. The van der Waals surface area contributed by atoms with E-state index in [1.165, 1.54) is 0 Å². The van der Waals surface area contributed by atoms with Crippen LogP contribution in [0.3, 0.4) is 0 Å². The summed E-state index contributed by atoms with van der Waals surface area (Å²) < 4.78 is 10.5. The van der Waals surface area contributed by atoms with Gasteiger partial charge < -0.3 is 14.8 Å². The number of ether oxygens (including phenoxy) is 2. The molecule has 0 bridgehead atoms. The van der Waals surface area contributed by atoms with Crippen LogP contribution < -0.4 is 14.8 Å². The van der Waals surface area contributed by atoms with Crippen LogP contribution in [0.1, 0.15) is 15.9 Å². The molecule has 0 aromatic heterocycles. The van der Waals surface area contributed by atoms with Crippen molar-refractivity contribution in [1.82, 2.24) is 5.32 Å². The summed E-state index contributed by atoms with van der Waals surface area (Å²) in [6.07, 6.45) is 0.859. The molecule has 1 aromatic carbocycles. The number of amides is 1. The maximum absolute atomic E-state index is 11.5. The molecular formula is C10H10ClNO3. The minimum Gasteiger partial charge on any atom is -0.454 e. The first-order chi connectivity index (χ1) is 6.84. The molecule has 80 valence electrons. The van der Waals surface area contributed by atoms with Crippen molar-refractivity contribution in [2.75, 3.05) is 13.3 Å². The average Bonchev–Trinajstić information content (AvgIpc) is 2.62. The molecule has 2 aliphatic heterocycles. The van der Waals surface area contributed by atoms with Crippen LogP contribution in [0.25, 0.3) is 0 Å². The minimum atomic E-state index is -0.0236. The number of carbonyl (C=O) groups is 1. The molecular weight excluding hydrogens is 218 g/mol. The van der Waals surface area contributed by atoms with Crippen molar-refractivity contribution < 1.29 is 14.3 Å². The molecule has 2 heterocycles. The Balaban J connectivity index is 0.000000853. The van der Waals surface area contributed by atoms with Crippen LogP contribution in [0.4, 0.5) is 0 Å². The van der Waals surface area contributed by atoms with E-state index in [4.69, 9.17) is 9.47 Å². The maximum atomic E-state index is 11.5. The van der Waals surface area contributed by atoms with Gasteiger partial charge in [0, 0.05) is 12.1 Å². The van der Waals surface area contributed by atoms with Gasteiger partial charge >= 0.3 is 0 Å². The lowest BCUT2D eigenvalue weighted by Gasteiger charge is -2.16.